The number of aliphatic hydroxyl groups is 1. The van der Waals surface area contributed by atoms with Gasteiger partial charge in [-0.1, -0.05) is 13.3 Å². The van der Waals surface area contributed by atoms with Crippen molar-refractivity contribution in [1.29, 1.82) is 0 Å². The van der Waals surface area contributed by atoms with Crippen LogP contribution in [0, 0.1) is 6.92 Å². The molecule has 23 heavy (non-hydrogen) atoms. The van der Waals surface area contributed by atoms with E-state index >= 15 is 0 Å². The summed E-state index contributed by atoms with van der Waals surface area (Å²) in [6.45, 7) is 8.31. The van der Waals surface area contributed by atoms with Crippen molar-refractivity contribution in [2.75, 3.05) is 19.6 Å². The summed E-state index contributed by atoms with van der Waals surface area (Å²) in [7, 11) is 0. The molecule has 0 unspecified atom stereocenters. The Balaban J connectivity index is 1.81. The highest BCUT2D eigenvalue weighted by molar-refractivity contribution is 7.09. The van der Waals surface area contributed by atoms with E-state index in [1.54, 1.807) is 11.3 Å². The number of nitrogens with zero attached hydrogens (tertiary/aromatic N) is 2. The molecule has 0 radical (unpaired) electrons. The summed E-state index contributed by atoms with van der Waals surface area (Å²) >= 11 is 1.62. The molecule has 0 aromatic carbocycles. The molecule has 1 amide bonds. The molecular weight excluding hydrogens is 310 g/mol. The van der Waals surface area contributed by atoms with Crippen molar-refractivity contribution in [3.05, 3.63) is 16.1 Å². The first-order valence-electron chi connectivity index (χ1n) is 8.58. The Hall–Kier alpha value is -0.980. The molecule has 2 N–H and O–H groups in total. The van der Waals surface area contributed by atoms with Crippen molar-refractivity contribution < 1.29 is 9.90 Å². The summed E-state index contributed by atoms with van der Waals surface area (Å²) in [4.78, 5) is 18.8. The smallest absolute Gasteiger partial charge is 0.237 e. The van der Waals surface area contributed by atoms with Gasteiger partial charge < -0.3 is 10.4 Å². The Morgan fingerprint density at radius 2 is 2.22 bits per heavy atom. The molecule has 130 valence electrons. The first-order valence-corrected chi connectivity index (χ1v) is 9.46. The van der Waals surface area contributed by atoms with E-state index in [2.05, 4.69) is 22.1 Å². The molecule has 1 atom stereocenters. The Bertz CT molecular complexity index is 510. The Morgan fingerprint density at radius 3 is 2.78 bits per heavy atom. The van der Waals surface area contributed by atoms with Crippen LogP contribution in [0.1, 0.15) is 50.2 Å². The Kier molecular flexibility index (Phi) is 6.56. The summed E-state index contributed by atoms with van der Waals surface area (Å²) in [5, 5.41) is 16.8. The van der Waals surface area contributed by atoms with E-state index in [0.717, 1.165) is 43.2 Å². The number of unbranched alkanes of at least 4 members (excludes halogenated alkanes) is 1. The lowest BCUT2D eigenvalue weighted by molar-refractivity contribution is -0.127. The average molecular weight is 340 g/mol. The summed E-state index contributed by atoms with van der Waals surface area (Å²) in [6, 6.07) is -0.126. The lowest BCUT2D eigenvalue weighted by atomic mass is 9.88. The fourth-order valence-electron chi connectivity index (χ4n) is 2.97. The Morgan fingerprint density at radius 1 is 1.52 bits per heavy atom. The van der Waals surface area contributed by atoms with Crippen LogP contribution >= 0.6 is 11.3 Å². The number of likely N-dealkylation sites (tertiary alicyclic amines) is 1. The van der Waals surface area contributed by atoms with Gasteiger partial charge >= 0.3 is 0 Å². The maximum absolute atomic E-state index is 12.1. The van der Waals surface area contributed by atoms with Crippen LogP contribution in [0.15, 0.2) is 5.38 Å². The van der Waals surface area contributed by atoms with Crippen LogP contribution in [0.2, 0.25) is 0 Å². The van der Waals surface area contributed by atoms with Gasteiger partial charge in [0.2, 0.25) is 5.91 Å². The minimum absolute atomic E-state index is 0.0967. The van der Waals surface area contributed by atoms with Gasteiger partial charge in [-0.25, -0.2) is 4.98 Å². The average Bonchev–Trinajstić information content (AvgIpc) is 2.92. The zero-order valence-electron chi connectivity index (χ0n) is 14.5. The standard InChI is InChI=1S/C17H29N3O2S/c1-4-5-8-18-16(21)14(3)20-9-6-17(22,7-10-20)11-15-19-13(2)12-23-15/h12,14,22H,4-11H2,1-3H3,(H,18,21)/t14-/m0/s1. The maximum atomic E-state index is 12.1. The monoisotopic (exact) mass is 339 g/mol. The summed E-state index contributed by atoms with van der Waals surface area (Å²) < 4.78 is 0. The number of rotatable bonds is 7. The van der Waals surface area contributed by atoms with Gasteiger partial charge in [0.1, 0.15) is 0 Å². The third-order valence-electron chi connectivity index (χ3n) is 4.63. The minimum atomic E-state index is -0.681. The van der Waals surface area contributed by atoms with Crippen LogP contribution < -0.4 is 5.32 Å². The van der Waals surface area contributed by atoms with Crippen LogP contribution in [-0.4, -0.2) is 52.2 Å². The van der Waals surface area contributed by atoms with Crippen LogP contribution in [0.5, 0.6) is 0 Å². The van der Waals surface area contributed by atoms with E-state index in [4.69, 9.17) is 0 Å². The molecule has 2 rings (SSSR count). The van der Waals surface area contributed by atoms with Crippen LogP contribution in [0.4, 0.5) is 0 Å². The molecule has 0 spiro atoms. The second-order valence-electron chi connectivity index (χ2n) is 6.64. The summed E-state index contributed by atoms with van der Waals surface area (Å²) in [6.07, 6.45) is 4.11. The second-order valence-corrected chi connectivity index (χ2v) is 7.58. The highest BCUT2D eigenvalue weighted by Crippen LogP contribution is 2.28. The highest BCUT2D eigenvalue weighted by Gasteiger charge is 2.35. The summed E-state index contributed by atoms with van der Waals surface area (Å²) in [5.74, 6) is 0.0967. The fraction of sp³-hybridized carbons (Fsp3) is 0.765. The van der Waals surface area contributed by atoms with E-state index in [9.17, 15) is 9.90 Å². The molecule has 2 heterocycles. The molecule has 0 bridgehead atoms. The summed E-state index contributed by atoms with van der Waals surface area (Å²) in [5.41, 5.74) is 0.336. The first kappa shape index (κ1) is 18.4. The molecule has 1 aliphatic rings. The first-order chi connectivity index (χ1) is 10.9. The van der Waals surface area contributed by atoms with Crippen molar-refractivity contribution in [3.8, 4) is 0 Å². The molecule has 1 aromatic rings. The van der Waals surface area contributed by atoms with Gasteiger partial charge in [0.15, 0.2) is 0 Å². The molecule has 1 fully saturated rings. The number of amides is 1. The number of aromatic nitrogens is 1. The van der Waals surface area contributed by atoms with Gasteiger partial charge in [-0.05, 0) is 33.1 Å². The third kappa shape index (κ3) is 5.26. The number of thiazole rings is 1. The van der Waals surface area contributed by atoms with Crippen LogP contribution in [0.25, 0.3) is 0 Å². The lowest BCUT2D eigenvalue weighted by Gasteiger charge is -2.40. The van der Waals surface area contributed by atoms with E-state index in [1.807, 2.05) is 19.2 Å². The van der Waals surface area contributed by atoms with E-state index in [-0.39, 0.29) is 11.9 Å². The maximum Gasteiger partial charge on any atom is 0.237 e. The number of hydrogen-bond donors (Lipinski definition) is 2. The van der Waals surface area contributed by atoms with Crippen molar-refractivity contribution in [2.24, 2.45) is 0 Å². The van der Waals surface area contributed by atoms with E-state index in [0.29, 0.717) is 19.3 Å². The fourth-order valence-corrected chi connectivity index (χ4v) is 3.88. The van der Waals surface area contributed by atoms with Gasteiger partial charge in [0.05, 0.1) is 16.7 Å². The molecule has 6 heteroatoms. The topological polar surface area (TPSA) is 65.5 Å². The van der Waals surface area contributed by atoms with Crippen LogP contribution in [0.3, 0.4) is 0 Å². The second kappa shape index (κ2) is 8.22. The van der Waals surface area contributed by atoms with Crippen LogP contribution in [-0.2, 0) is 11.2 Å². The highest BCUT2D eigenvalue weighted by atomic mass is 32.1. The van der Waals surface area contributed by atoms with E-state index in [1.165, 1.54) is 0 Å². The normalized spacial score (nSPS) is 19.5. The molecule has 1 aromatic heterocycles. The molecule has 5 nitrogen and oxygen atoms in total. The van der Waals surface area contributed by atoms with E-state index < -0.39 is 5.60 Å². The number of nitrogens with one attached hydrogen (secondary N) is 1. The Labute approximate surface area is 143 Å². The van der Waals surface area contributed by atoms with Crippen molar-refractivity contribution in [1.82, 2.24) is 15.2 Å². The zero-order chi connectivity index (χ0) is 16.9. The predicted octanol–water partition coefficient (Wildman–Crippen LogP) is 2.13. The van der Waals surface area contributed by atoms with Crippen molar-refractivity contribution in [2.45, 2.75) is 64.5 Å². The number of aryl methyl sites for hydroxylation is 1. The van der Waals surface area contributed by atoms with Gasteiger partial charge in [-0.15, -0.1) is 11.3 Å². The molecule has 1 aliphatic heterocycles. The zero-order valence-corrected chi connectivity index (χ0v) is 15.3. The molecular formula is C17H29N3O2S. The molecule has 0 saturated carbocycles. The van der Waals surface area contributed by atoms with Gasteiger partial charge in [-0.2, -0.15) is 0 Å². The molecule has 1 saturated heterocycles. The van der Waals surface area contributed by atoms with Gasteiger partial charge in [0.25, 0.3) is 0 Å². The third-order valence-corrected chi connectivity index (χ3v) is 5.60. The minimum Gasteiger partial charge on any atom is -0.389 e. The molecule has 0 aliphatic carbocycles. The van der Waals surface area contributed by atoms with Gasteiger partial charge in [-0.3, -0.25) is 9.69 Å². The lowest BCUT2D eigenvalue weighted by Crippen LogP contribution is -2.52. The van der Waals surface area contributed by atoms with Gasteiger partial charge in [0, 0.05) is 37.1 Å². The number of carbonyl (C=O) groups is 1. The number of carbonyl (C=O) groups excluding carboxylic acids is 1. The largest absolute Gasteiger partial charge is 0.389 e. The SMILES string of the molecule is CCCCNC(=O)[C@H](C)N1CCC(O)(Cc2nc(C)cs2)CC1. The van der Waals surface area contributed by atoms with Crippen molar-refractivity contribution in [3.63, 3.8) is 0 Å². The number of piperidine rings is 1. The quantitative estimate of drug-likeness (QED) is 0.747. The number of hydrogen-bond acceptors (Lipinski definition) is 5. The van der Waals surface area contributed by atoms with Crippen molar-refractivity contribution >= 4 is 17.2 Å². The predicted molar refractivity (Wildman–Crippen MR) is 93.7 cm³/mol.